The van der Waals surface area contributed by atoms with Gasteiger partial charge in [-0.25, -0.2) is 14.5 Å². The number of halogens is 4. The summed E-state index contributed by atoms with van der Waals surface area (Å²) in [4.78, 5) is 33.5. The molecule has 0 saturated carbocycles. The van der Waals surface area contributed by atoms with E-state index in [1.807, 2.05) is 11.0 Å². The fourth-order valence-electron chi connectivity index (χ4n) is 4.80. The van der Waals surface area contributed by atoms with E-state index in [4.69, 9.17) is 5.26 Å². The minimum Gasteiger partial charge on any atom is -0.385 e. The van der Waals surface area contributed by atoms with Gasteiger partial charge in [-0.3, -0.25) is 9.59 Å². The Balaban J connectivity index is 1.31. The lowest BCUT2D eigenvalue weighted by Crippen LogP contribution is -2.49. The topological polar surface area (TPSA) is 118 Å². The van der Waals surface area contributed by atoms with Gasteiger partial charge in [-0.05, 0) is 48.0 Å². The standard InChI is InChI=1S/C29H25F4N7O2/c30-24-5-1-18(13-23(24)28(42)40-11-9-39(10-12-40)26-6-2-19(16-34)17-36-26)14-25-22-15-20(35-8-7-29(31,32)33)3-4-21(22)27(41)38-37-25/h1-6,13,15,17,35H,7-12,14H2,(H,38,41). The van der Waals surface area contributed by atoms with E-state index in [1.165, 1.54) is 36.5 Å². The molecule has 216 valence electrons. The van der Waals surface area contributed by atoms with Crippen molar-refractivity contribution in [2.45, 2.75) is 19.0 Å². The van der Waals surface area contributed by atoms with Crippen molar-refractivity contribution in [1.82, 2.24) is 20.1 Å². The second-order valence-corrected chi connectivity index (χ2v) is 9.84. The maximum Gasteiger partial charge on any atom is 0.390 e. The molecule has 0 unspecified atom stereocenters. The largest absolute Gasteiger partial charge is 0.390 e. The summed E-state index contributed by atoms with van der Waals surface area (Å²) in [6.45, 7) is 1.33. The molecule has 0 radical (unpaired) electrons. The summed E-state index contributed by atoms with van der Waals surface area (Å²) in [6.07, 6.45) is -3.70. The number of aromatic nitrogens is 3. The second kappa shape index (κ2) is 11.9. The van der Waals surface area contributed by atoms with Crippen LogP contribution >= 0.6 is 0 Å². The number of piperazine rings is 1. The van der Waals surface area contributed by atoms with Crippen LogP contribution in [0.15, 0.2) is 59.5 Å². The Kier molecular flexibility index (Phi) is 8.06. The summed E-state index contributed by atoms with van der Waals surface area (Å²) in [5.74, 6) is -0.443. The van der Waals surface area contributed by atoms with E-state index < -0.39 is 29.9 Å². The second-order valence-electron chi connectivity index (χ2n) is 9.84. The number of nitriles is 1. The summed E-state index contributed by atoms with van der Waals surface area (Å²) in [6, 6.07) is 14.2. The van der Waals surface area contributed by atoms with Crippen LogP contribution in [0.4, 0.5) is 29.1 Å². The third kappa shape index (κ3) is 6.49. The Morgan fingerprint density at radius 1 is 1.05 bits per heavy atom. The monoisotopic (exact) mass is 579 g/mol. The first-order valence-electron chi connectivity index (χ1n) is 13.1. The number of H-pyrrole nitrogens is 1. The number of aromatic amines is 1. The first kappa shape index (κ1) is 28.5. The van der Waals surface area contributed by atoms with Gasteiger partial charge in [0.2, 0.25) is 0 Å². The van der Waals surface area contributed by atoms with Gasteiger partial charge in [-0.2, -0.15) is 23.5 Å². The van der Waals surface area contributed by atoms with Gasteiger partial charge < -0.3 is 15.1 Å². The highest BCUT2D eigenvalue weighted by atomic mass is 19.4. The Hall–Kier alpha value is -4.99. The molecule has 0 atom stereocenters. The predicted octanol–water partition coefficient (Wildman–Crippen LogP) is 4.25. The molecule has 42 heavy (non-hydrogen) atoms. The number of benzene rings is 2. The Labute approximate surface area is 237 Å². The minimum atomic E-state index is -4.30. The number of carbonyl (C=O) groups is 1. The Morgan fingerprint density at radius 2 is 1.83 bits per heavy atom. The molecule has 5 rings (SSSR count). The molecular weight excluding hydrogens is 554 g/mol. The number of nitrogens with one attached hydrogen (secondary N) is 2. The molecule has 3 heterocycles. The van der Waals surface area contributed by atoms with Crippen molar-refractivity contribution in [1.29, 1.82) is 5.26 Å². The molecule has 2 N–H and O–H groups in total. The average molecular weight is 580 g/mol. The van der Waals surface area contributed by atoms with Crippen molar-refractivity contribution in [2.75, 3.05) is 42.9 Å². The van der Waals surface area contributed by atoms with Crippen molar-refractivity contribution in [2.24, 2.45) is 0 Å². The van der Waals surface area contributed by atoms with E-state index in [-0.39, 0.29) is 18.5 Å². The number of carbonyl (C=O) groups excluding carboxylic acids is 1. The molecule has 2 aromatic heterocycles. The van der Waals surface area contributed by atoms with Crippen LogP contribution in [0.3, 0.4) is 0 Å². The molecule has 0 aliphatic carbocycles. The zero-order valence-electron chi connectivity index (χ0n) is 22.2. The first-order chi connectivity index (χ1) is 20.1. The smallest absolute Gasteiger partial charge is 0.385 e. The molecule has 4 aromatic rings. The van der Waals surface area contributed by atoms with Crippen LogP contribution in [-0.2, 0) is 6.42 Å². The maximum absolute atomic E-state index is 14.8. The van der Waals surface area contributed by atoms with Crippen LogP contribution in [0.1, 0.15) is 33.6 Å². The zero-order valence-corrected chi connectivity index (χ0v) is 22.2. The van der Waals surface area contributed by atoms with E-state index in [0.29, 0.717) is 65.3 Å². The molecule has 1 saturated heterocycles. The summed E-state index contributed by atoms with van der Waals surface area (Å²) >= 11 is 0. The molecule has 0 spiro atoms. The highest BCUT2D eigenvalue weighted by Crippen LogP contribution is 2.24. The van der Waals surface area contributed by atoms with Crippen LogP contribution in [0.25, 0.3) is 10.8 Å². The van der Waals surface area contributed by atoms with Crippen molar-refractivity contribution in [3.05, 3.63) is 93.3 Å². The van der Waals surface area contributed by atoms with Crippen molar-refractivity contribution in [3.8, 4) is 6.07 Å². The van der Waals surface area contributed by atoms with Crippen LogP contribution in [0.2, 0.25) is 0 Å². The van der Waals surface area contributed by atoms with E-state index in [2.05, 4.69) is 20.5 Å². The average Bonchev–Trinajstić information content (AvgIpc) is 2.98. The molecule has 1 aliphatic heterocycles. The number of pyridine rings is 1. The normalized spacial score (nSPS) is 13.7. The molecule has 1 amide bonds. The van der Waals surface area contributed by atoms with Crippen LogP contribution in [0.5, 0.6) is 0 Å². The lowest BCUT2D eigenvalue weighted by molar-refractivity contribution is -0.131. The number of alkyl halides is 3. The van der Waals surface area contributed by atoms with Crippen molar-refractivity contribution in [3.63, 3.8) is 0 Å². The predicted molar refractivity (Wildman–Crippen MR) is 148 cm³/mol. The molecular formula is C29H25F4N7O2. The van der Waals surface area contributed by atoms with Gasteiger partial charge in [-0.1, -0.05) is 6.07 Å². The third-order valence-electron chi connectivity index (χ3n) is 7.01. The summed E-state index contributed by atoms with van der Waals surface area (Å²) in [7, 11) is 0. The number of hydrogen-bond donors (Lipinski definition) is 2. The van der Waals surface area contributed by atoms with E-state index >= 15 is 0 Å². The number of rotatable bonds is 7. The molecule has 9 nitrogen and oxygen atoms in total. The van der Waals surface area contributed by atoms with Gasteiger partial charge in [0, 0.05) is 56.4 Å². The zero-order chi connectivity index (χ0) is 29.9. The van der Waals surface area contributed by atoms with E-state index in [1.54, 1.807) is 23.1 Å². The SMILES string of the molecule is N#Cc1ccc(N2CCN(C(=O)c3cc(Cc4n[nH]c(=O)c5ccc(NCCC(F)(F)F)cc45)ccc3F)CC2)nc1. The number of hydrogen-bond acceptors (Lipinski definition) is 7. The fourth-order valence-corrected chi connectivity index (χ4v) is 4.80. The van der Waals surface area contributed by atoms with E-state index in [9.17, 15) is 27.2 Å². The van der Waals surface area contributed by atoms with Crippen LogP contribution in [-0.4, -0.2) is 64.9 Å². The molecule has 1 aliphatic rings. The van der Waals surface area contributed by atoms with Gasteiger partial charge in [-0.15, -0.1) is 0 Å². The van der Waals surface area contributed by atoms with Crippen molar-refractivity contribution < 1.29 is 22.4 Å². The number of anilines is 2. The minimum absolute atomic E-state index is 0.0966. The highest BCUT2D eigenvalue weighted by Gasteiger charge is 2.27. The Morgan fingerprint density at radius 3 is 2.52 bits per heavy atom. The molecule has 2 aromatic carbocycles. The number of fused-ring (bicyclic) bond motifs is 1. The third-order valence-corrected chi connectivity index (χ3v) is 7.01. The summed E-state index contributed by atoms with van der Waals surface area (Å²) < 4.78 is 52.5. The van der Waals surface area contributed by atoms with Gasteiger partial charge in [0.15, 0.2) is 0 Å². The van der Waals surface area contributed by atoms with Crippen LogP contribution < -0.4 is 15.8 Å². The first-order valence-corrected chi connectivity index (χ1v) is 13.1. The van der Waals surface area contributed by atoms with Gasteiger partial charge in [0.05, 0.1) is 28.6 Å². The number of nitrogens with zero attached hydrogens (tertiary/aromatic N) is 5. The lowest BCUT2D eigenvalue weighted by atomic mass is 10.0. The van der Waals surface area contributed by atoms with E-state index in [0.717, 1.165) is 0 Å². The van der Waals surface area contributed by atoms with Gasteiger partial charge >= 0.3 is 6.18 Å². The summed E-state index contributed by atoms with van der Waals surface area (Å²) in [5.41, 5.74) is 1.27. The lowest BCUT2D eigenvalue weighted by Gasteiger charge is -2.35. The van der Waals surface area contributed by atoms with Crippen LogP contribution in [0, 0.1) is 17.1 Å². The number of amides is 1. The summed E-state index contributed by atoms with van der Waals surface area (Å²) in [5, 5.41) is 19.0. The van der Waals surface area contributed by atoms with Crippen molar-refractivity contribution >= 4 is 28.2 Å². The molecule has 1 fully saturated rings. The van der Waals surface area contributed by atoms with Gasteiger partial charge in [0.25, 0.3) is 11.5 Å². The Bertz CT molecular complexity index is 1710. The highest BCUT2D eigenvalue weighted by molar-refractivity contribution is 5.95. The quantitative estimate of drug-likeness (QED) is 0.315. The molecule has 0 bridgehead atoms. The molecule has 13 heteroatoms. The fraction of sp³-hybridized carbons (Fsp3) is 0.276. The van der Waals surface area contributed by atoms with Gasteiger partial charge in [0.1, 0.15) is 17.7 Å². The maximum atomic E-state index is 14.8.